The first-order valence-electron chi connectivity index (χ1n) is 6.85. The van der Waals surface area contributed by atoms with Crippen LogP contribution in [0, 0.1) is 13.8 Å². The second kappa shape index (κ2) is 5.50. The molecule has 0 aliphatic heterocycles. The van der Waals surface area contributed by atoms with E-state index in [4.69, 9.17) is 0 Å². The average molecular weight is 301 g/mol. The van der Waals surface area contributed by atoms with E-state index in [1.165, 1.54) is 0 Å². The van der Waals surface area contributed by atoms with E-state index >= 15 is 0 Å². The Morgan fingerprint density at radius 1 is 1.10 bits per heavy atom. The summed E-state index contributed by atoms with van der Waals surface area (Å²) in [6.45, 7) is 7.57. The molecule has 8 heteroatoms. The Labute approximate surface area is 120 Å². The van der Waals surface area contributed by atoms with Crippen molar-refractivity contribution in [3.8, 4) is 0 Å². The van der Waals surface area contributed by atoms with Gasteiger partial charge in [-0.05, 0) is 32.3 Å². The standard InChI is InChI=1S/C13H18F3N5/c1-5-9(6-2)17-10-7(3)8(4)11-18-19-12(13(14,15)16)21(11)20-10/h9H,5-6H2,1-4H3,(H,17,20). The van der Waals surface area contributed by atoms with Gasteiger partial charge in [-0.15, -0.1) is 15.3 Å². The molecule has 1 N–H and O–H groups in total. The van der Waals surface area contributed by atoms with E-state index in [0.29, 0.717) is 11.4 Å². The monoisotopic (exact) mass is 301 g/mol. The van der Waals surface area contributed by atoms with Crippen molar-refractivity contribution in [1.29, 1.82) is 0 Å². The summed E-state index contributed by atoms with van der Waals surface area (Å²) in [4.78, 5) is 0. The third-order valence-corrected chi connectivity index (χ3v) is 3.67. The molecule has 0 spiro atoms. The van der Waals surface area contributed by atoms with E-state index in [1.54, 1.807) is 6.92 Å². The van der Waals surface area contributed by atoms with E-state index < -0.39 is 12.0 Å². The topological polar surface area (TPSA) is 55.1 Å². The number of aromatic nitrogens is 4. The summed E-state index contributed by atoms with van der Waals surface area (Å²) in [6, 6.07) is 0.166. The smallest absolute Gasteiger partial charge is 0.366 e. The van der Waals surface area contributed by atoms with Crippen molar-refractivity contribution in [2.24, 2.45) is 0 Å². The van der Waals surface area contributed by atoms with Gasteiger partial charge in [-0.3, -0.25) is 0 Å². The molecule has 0 saturated heterocycles. The molecule has 0 radical (unpaired) electrons. The lowest BCUT2D eigenvalue weighted by atomic mass is 10.1. The molecule has 2 rings (SSSR count). The maximum Gasteiger partial charge on any atom is 0.453 e. The highest BCUT2D eigenvalue weighted by molar-refractivity contribution is 5.58. The van der Waals surface area contributed by atoms with Crippen LogP contribution in [0.25, 0.3) is 5.65 Å². The minimum absolute atomic E-state index is 0.134. The minimum Gasteiger partial charge on any atom is -0.366 e. The van der Waals surface area contributed by atoms with Crippen molar-refractivity contribution in [2.45, 2.75) is 52.8 Å². The Hall–Kier alpha value is -1.86. The van der Waals surface area contributed by atoms with Crippen LogP contribution in [0.3, 0.4) is 0 Å². The number of aryl methyl sites for hydroxylation is 1. The van der Waals surface area contributed by atoms with Gasteiger partial charge >= 0.3 is 6.18 Å². The molecule has 2 heterocycles. The van der Waals surface area contributed by atoms with Crippen molar-refractivity contribution in [3.63, 3.8) is 0 Å². The van der Waals surface area contributed by atoms with Gasteiger partial charge in [0.05, 0.1) is 0 Å². The molecule has 21 heavy (non-hydrogen) atoms. The first-order chi connectivity index (χ1) is 9.79. The Balaban J connectivity index is 2.59. The predicted molar refractivity (Wildman–Crippen MR) is 73.3 cm³/mol. The fourth-order valence-electron chi connectivity index (χ4n) is 2.13. The van der Waals surface area contributed by atoms with Gasteiger partial charge in [-0.1, -0.05) is 13.8 Å². The molecule has 2 aromatic heterocycles. The molecule has 0 atom stereocenters. The zero-order valence-corrected chi connectivity index (χ0v) is 12.4. The van der Waals surface area contributed by atoms with Gasteiger partial charge in [0, 0.05) is 11.6 Å². The molecule has 0 aromatic carbocycles. The average Bonchev–Trinajstić information content (AvgIpc) is 2.85. The number of hydrogen-bond donors (Lipinski definition) is 1. The Morgan fingerprint density at radius 2 is 1.71 bits per heavy atom. The molecule has 0 aliphatic carbocycles. The highest BCUT2D eigenvalue weighted by Crippen LogP contribution is 2.29. The van der Waals surface area contributed by atoms with Crippen molar-refractivity contribution in [1.82, 2.24) is 19.8 Å². The van der Waals surface area contributed by atoms with Gasteiger partial charge in [-0.2, -0.15) is 17.7 Å². The first kappa shape index (κ1) is 15.5. The molecule has 0 unspecified atom stereocenters. The molecular weight excluding hydrogens is 283 g/mol. The Kier molecular flexibility index (Phi) is 4.06. The van der Waals surface area contributed by atoms with E-state index in [0.717, 1.165) is 22.9 Å². The lowest BCUT2D eigenvalue weighted by Gasteiger charge is -2.18. The molecule has 116 valence electrons. The lowest BCUT2D eigenvalue weighted by molar-refractivity contribution is -0.146. The third-order valence-electron chi connectivity index (χ3n) is 3.67. The summed E-state index contributed by atoms with van der Waals surface area (Å²) >= 11 is 0. The molecular formula is C13H18F3N5. The zero-order valence-electron chi connectivity index (χ0n) is 12.4. The highest BCUT2D eigenvalue weighted by atomic mass is 19.4. The lowest BCUT2D eigenvalue weighted by Crippen LogP contribution is -2.21. The zero-order chi connectivity index (χ0) is 15.8. The van der Waals surface area contributed by atoms with E-state index in [9.17, 15) is 13.2 Å². The number of nitrogens with one attached hydrogen (secondary N) is 1. The maximum absolute atomic E-state index is 12.9. The van der Waals surface area contributed by atoms with Crippen molar-refractivity contribution < 1.29 is 13.2 Å². The van der Waals surface area contributed by atoms with Gasteiger partial charge in [0.1, 0.15) is 0 Å². The van der Waals surface area contributed by atoms with Crippen LogP contribution in [0.1, 0.15) is 43.6 Å². The van der Waals surface area contributed by atoms with Gasteiger partial charge in [0.15, 0.2) is 11.5 Å². The Morgan fingerprint density at radius 3 is 2.24 bits per heavy atom. The highest BCUT2D eigenvalue weighted by Gasteiger charge is 2.38. The summed E-state index contributed by atoms with van der Waals surface area (Å²) in [5, 5.41) is 14.1. The van der Waals surface area contributed by atoms with Gasteiger partial charge in [-0.25, -0.2) is 0 Å². The molecule has 0 aliphatic rings. The van der Waals surface area contributed by atoms with Crippen molar-refractivity contribution >= 4 is 11.5 Å². The summed E-state index contributed by atoms with van der Waals surface area (Å²) in [5.41, 5.74) is 1.56. The summed E-state index contributed by atoms with van der Waals surface area (Å²) in [6.07, 6.45) is -2.85. The van der Waals surface area contributed by atoms with Gasteiger partial charge < -0.3 is 5.32 Å². The molecule has 5 nitrogen and oxygen atoms in total. The largest absolute Gasteiger partial charge is 0.453 e. The summed E-state index contributed by atoms with van der Waals surface area (Å²) < 4.78 is 39.5. The predicted octanol–water partition coefficient (Wildman–Crippen LogP) is 3.36. The van der Waals surface area contributed by atoms with Crippen LogP contribution in [0.5, 0.6) is 0 Å². The number of nitrogens with zero attached hydrogens (tertiary/aromatic N) is 4. The fraction of sp³-hybridized carbons (Fsp3) is 0.615. The summed E-state index contributed by atoms with van der Waals surface area (Å²) in [5.74, 6) is -0.660. The Bertz CT molecular complexity index is 643. The van der Waals surface area contributed by atoms with E-state index in [-0.39, 0.29) is 11.7 Å². The quantitative estimate of drug-likeness (QED) is 0.941. The van der Waals surface area contributed by atoms with E-state index in [1.807, 2.05) is 20.8 Å². The van der Waals surface area contributed by atoms with Crippen LogP contribution >= 0.6 is 0 Å². The number of halogens is 3. The van der Waals surface area contributed by atoms with Crippen LogP contribution in [-0.4, -0.2) is 25.9 Å². The second-order valence-electron chi connectivity index (χ2n) is 5.01. The van der Waals surface area contributed by atoms with Gasteiger partial charge in [0.25, 0.3) is 5.82 Å². The molecule has 2 aromatic rings. The number of fused-ring (bicyclic) bond motifs is 1. The van der Waals surface area contributed by atoms with Crippen LogP contribution < -0.4 is 5.32 Å². The maximum atomic E-state index is 12.9. The molecule has 0 fully saturated rings. The summed E-state index contributed by atoms with van der Waals surface area (Å²) in [7, 11) is 0. The van der Waals surface area contributed by atoms with Crippen LogP contribution in [-0.2, 0) is 6.18 Å². The van der Waals surface area contributed by atoms with Crippen LogP contribution in [0.4, 0.5) is 19.0 Å². The minimum atomic E-state index is -4.58. The molecule has 0 saturated carbocycles. The SMILES string of the molecule is CCC(CC)Nc1nn2c(C(F)(F)F)nnc2c(C)c1C. The second-order valence-corrected chi connectivity index (χ2v) is 5.01. The van der Waals surface area contributed by atoms with Crippen LogP contribution in [0.15, 0.2) is 0 Å². The number of hydrogen-bond acceptors (Lipinski definition) is 4. The third kappa shape index (κ3) is 2.79. The number of alkyl halides is 3. The number of anilines is 1. The molecule has 0 bridgehead atoms. The normalized spacial score (nSPS) is 12.4. The fourth-order valence-corrected chi connectivity index (χ4v) is 2.13. The van der Waals surface area contributed by atoms with Crippen LogP contribution in [0.2, 0.25) is 0 Å². The first-order valence-corrected chi connectivity index (χ1v) is 6.85. The van der Waals surface area contributed by atoms with Crippen molar-refractivity contribution in [3.05, 3.63) is 17.0 Å². The molecule has 0 amide bonds. The number of rotatable bonds is 4. The van der Waals surface area contributed by atoms with Gasteiger partial charge in [0.2, 0.25) is 0 Å². The van der Waals surface area contributed by atoms with E-state index in [2.05, 4.69) is 20.6 Å². The van der Waals surface area contributed by atoms with Crippen molar-refractivity contribution in [2.75, 3.05) is 5.32 Å².